The molecule has 0 aromatic rings. The maximum absolute atomic E-state index is 10.3. The first-order valence-corrected chi connectivity index (χ1v) is 4.78. The van der Waals surface area contributed by atoms with Gasteiger partial charge in [0, 0.05) is 20.5 Å². The van der Waals surface area contributed by atoms with Gasteiger partial charge in [0.1, 0.15) is 6.61 Å². The van der Waals surface area contributed by atoms with E-state index in [0.717, 1.165) is 0 Å². The molecular formula is C10H19NO4. The predicted molar refractivity (Wildman–Crippen MR) is 55.2 cm³/mol. The van der Waals surface area contributed by atoms with Gasteiger partial charge in [-0.15, -0.1) is 0 Å². The van der Waals surface area contributed by atoms with Crippen molar-refractivity contribution in [2.45, 2.75) is 20.8 Å². The summed E-state index contributed by atoms with van der Waals surface area (Å²) in [6.07, 6.45) is 0. The minimum Gasteiger partial charge on any atom is -0.463 e. The van der Waals surface area contributed by atoms with Crippen LogP contribution < -0.4 is 0 Å². The summed E-state index contributed by atoms with van der Waals surface area (Å²) < 4.78 is 14.8. The van der Waals surface area contributed by atoms with Crippen LogP contribution in [0.15, 0.2) is 0 Å². The van der Waals surface area contributed by atoms with Crippen LogP contribution in [0.2, 0.25) is 0 Å². The molecular weight excluding hydrogens is 198 g/mol. The van der Waals surface area contributed by atoms with Crippen LogP contribution in [-0.2, 0) is 19.0 Å². The van der Waals surface area contributed by atoms with Gasteiger partial charge in [0.25, 0.3) is 0 Å². The number of nitriles is 1. The number of ether oxygens (including phenoxy) is 3. The van der Waals surface area contributed by atoms with Crippen LogP contribution in [0.4, 0.5) is 0 Å². The van der Waals surface area contributed by atoms with Crippen LogP contribution in [0, 0.1) is 11.3 Å². The maximum atomic E-state index is 10.3. The van der Waals surface area contributed by atoms with Gasteiger partial charge in [-0.25, -0.2) is 0 Å². The summed E-state index contributed by atoms with van der Waals surface area (Å²) >= 11 is 0. The number of carbonyl (C=O) groups is 1. The zero-order chi connectivity index (χ0) is 11.9. The van der Waals surface area contributed by atoms with Gasteiger partial charge in [-0.2, -0.15) is 5.26 Å². The van der Waals surface area contributed by atoms with E-state index in [9.17, 15) is 4.79 Å². The molecule has 0 aliphatic rings. The molecule has 0 aromatic carbocycles. The summed E-state index contributed by atoms with van der Waals surface area (Å²) in [5.74, 6) is -0.275. The molecule has 0 unspecified atom stereocenters. The molecule has 0 heterocycles. The Labute approximate surface area is 90.9 Å². The monoisotopic (exact) mass is 217 g/mol. The molecule has 88 valence electrons. The molecule has 0 aliphatic carbocycles. The summed E-state index contributed by atoms with van der Waals surface area (Å²) in [4.78, 5) is 10.3. The summed E-state index contributed by atoms with van der Waals surface area (Å²) in [5, 5.41) is 7.32. The molecule has 0 saturated heterocycles. The third kappa shape index (κ3) is 24.6. The number of carbonyl (C=O) groups excluding carboxylic acids is 1. The molecule has 5 nitrogen and oxygen atoms in total. The van der Waals surface area contributed by atoms with Crippen molar-refractivity contribution in [2.75, 3.05) is 33.0 Å². The lowest BCUT2D eigenvalue weighted by Gasteiger charge is -2.03. The minimum absolute atomic E-state index is 0.275. The summed E-state index contributed by atoms with van der Waals surface area (Å²) in [5.41, 5.74) is 0. The van der Waals surface area contributed by atoms with Gasteiger partial charge in [-0.05, 0) is 6.92 Å². The molecule has 0 radical (unpaired) electrons. The Morgan fingerprint density at radius 2 is 1.67 bits per heavy atom. The molecule has 0 aromatic heterocycles. The van der Waals surface area contributed by atoms with E-state index in [1.807, 2.05) is 6.92 Å². The fraction of sp³-hybridized carbons (Fsp3) is 0.800. The fourth-order valence-corrected chi connectivity index (χ4v) is 0.609. The van der Waals surface area contributed by atoms with E-state index in [0.29, 0.717) is 33.0 Å². The predicted octanol–water partition coefficient (Wildman–Crippen LogP) is 1.13. The van der Waals surface area contributed by atoms with Crippen molar-refractivity contribution in [1.82, 2.24) is 0 Å². The fourth-order valence-electron chi connectivity index (χ4n) is 0.609. The highest BCUT2D eigenvalue weighted by molar-refractivity contribution is 5.65. The highest BCUT2D eigenvalue weighted by Gasteiger charge is 1.92. The van der Waals surface area contributed by atoms with Crippen LogP contribution in [-0.4, -0.2) is 39.0 Å². The van der Waals surface area contributed by atoms with Gasteiger partial charge < -0.3 is 14.2 Å². The Morgan fingerprint density at radius 3 is 2.13 bits per heavy atom. The normalized spacial score (nSPS) is 8.40. The third-order valence-corrected chi connectivity index (χ3v) is 1.11. The topological polar surface area (TPSA) is 68.6 Å². The Morgan fingerprint density at radius 1 is 1.20 bits per heavy atom. The second kappa shape index (κ2) is 15.4. The van der Waals surface area contributed by atoms with Gasteiger partial charge in [0.2, 0.25) is 0 Å². The average molecular weight is 217 g/mol. The highest BCUT2D eigenvalue weighted by atomic mass is 16.6. The SMILES string of the molecule is CC#N.CCOCCOCCOC(C)=O. The molecule has 0 saturated carbocycles. The van der Waals surface area contributed by atoms with E-state index in [1.165, 1.54) is 13.8 Å². The number of hydrogen-bond donors (Lipinski definition) is 0. The van der Waals surface area contributed by atoms with Gasteiger partial charge >= 0.3 is 5.97 Å². The van der Waals surface area contributed by atoms with Gasteiger partial charge in [0.15, 0.2) is 0 Å². The summed E-state index contributed by atoms with van der Waals surface area (Å²) in [6.45, 7) is 7.34. The number of esters is 1. The standard InChI is InChI=1S/C8H16O4.C2H3N/c1-3-10-4-5-11-6-7-12-8(2)9;1-2-3/h3-7H2,1-2H3;1H3. The second-order valence-electron chi connectivity index (χ2n) is 2.37. The van der Waals surface area contributed by atoms with Crippen LogP contribution >= 0.6 is 0 Å². The van der Waals surface area contributed by atoms with Crippen LogP contribution in [0.25, 0.3) is 0 Å². The van der Waals surface area contributed by atoms with Gasteiger partial charge in [-0.1, -0.05) is 0 Å². The first-order chi connectivity index (χ1) is 7.18. The molecule has 0 amide bonds. The second-order valence-corrected chi connectivity index (χ2v) is 2.37. The maximum Gasteiger partial charge on any atom is 0.302 e. The smallest absolute Gasteiger partial charge is 0.302 e. The van der Waals surface area contributed by atoms with Gasteiger partial charge in [-0.3, -0.25) is 4.79 Å². The Bertz CT molecular complexity index is 177. The van der Waals surface area contributed by atoms with Crippen molar-refractivity contribution in [3.05, 3.63) is 0 Å². The zero-order valence-corrected chi connectivity index (χ0v) is 9.62. The Kier molecular flexibility index (Phi) is 16.7. The van der Waals surface area contributed by atoms with Crippen LogP contribution in [0.3, 0.4) is 0 Å². The van der Waals surface area contributed by atoms with E-state index in [4.69, 9.17) is 14.7 Å². The van der Waals surface area contributed by atoms with E-state index in [2.05, 4.69) is 4.74 Å². The molecule has 0 aliphatic heterocycles. The first kappa shape index (κ1) is 16.3. The molecule has 0 N–H and O–H groups in total. The average Bonchev–Trinajstić information content (AvgIpc) is 2.17. The molecule has 0 fully saturated rings. The van der Waals surface area contributed by atoms with Crippen molar-refractivity contribution in [2.24, 2.45) is 0 Å². The summed E-state index contributed by atoms with van der Waals surface area (Å²) in [7, 11) is 0. The van der Waals surface area contributed by atoms with Crippen molar-refractivity contribution in [3.63, 3.8) is 0 Å². The van der Waals surface area contributed by atoms with Crippen LogP contribution in [0.5, 0.6) is 0 Å². The van der Waals surface area contributed by atoms with E-state index in [1.54, 1.807) is 6.07 Å². The lowest BCUT2D eigenvalue weighted by Crippen LogP contribution is -2.10. The summed E-state index contributed by atoms with van der Waals surface area (Å²) in [6, 6.07) is 1.75. The number of nitrogens with zero attached hydrogens (tertiary/aromatic N) is 1. The molecule has 0 spiro atoms. The molecule has 5 heteroatoms. The van der Waals surface area contributed by atoms with E-state index < -0.39 is 0 Å². The molecule has 0 bridgehead atoms. The molecule has 0 rings (SSSR count). The largest absolute Gasteiger partial charge is 0.463 e. The van der Waals surface area contributed by atoms with Crippen molar-refractivity contribution >= 4 is 5.97 Å². The number of rotatable bonds is 7. The quantitative estimate of drug-likeness (QED) is 0.472. The Balaban J connectivity index is 0. The van der Waals surface area contributed by atoms with E-state index >= 15 is 0 Å². The van der Waals surface area contributed by atoms with Crippen LogP contribution in [0.1, 0.15) is 20.8 Å². The van der Waals surface area contributed by atoms with Crippen molar-refractivity contribution in [3.8, 4) is 6.07 Å². The first-order valence-electron chi connectivity index (χ1n) is 4.78. The highest BCUT2D eigenvalue weighted by Crippen LogP contribution is 1.80. The van der Waals surface area contributed by atoms with Gasteiger partial charge in [0.05, 0.1) is 25.9 Å². The van der Waals surface area contributed by atoms with Crippen molar-refractivity contribution < 1.29 is 19.0 Å². The third-order valence-electron chi connectivity index (χ3n) is 1.11. The molecule has 0 atom stereocenters. The zero-order valence-electron chi connectivity index (χ0n) is 9.62. The Hall–Kier alpha value is -1.12. The lowest BCUT2D eigenvalue weighted by atomic mass is 10.7. The number of hydrogen-bond acceptors (Lipinski definition) is 5. The minimum atomic E-state index is -0.275. The van der Waals surface area contributed by atoms with Crippen molar-refractivity contribution in [1.29, 1.82) is 5.26 Å². The van der Waals surface area contributed by atoms with E-state index in [-0.39, 0.29) is 5.97 Å². The molecule has 15 heavy (non-hydrogen) atoms. The lowest BCUT2D eigenvalue weighted by molar-refractivity contribution is -0.142.